The molecule has 106 valence electrons. The topological polar surface area (TPSA) is 73.2 Å². The van der Waals surface area contributed by atoms with Crippen molar-refractivity contribution in [1.82, 2.24) is 10.2 Å². The van der Waals surface area contributed by atoms with Crippen molar-refractivity contribution < 1.29 is 9.59 Å². The van der Waals surface area contributed by atoms with Crippen LogP contribution in [0.3, 0.4) is 0 Å². The van der Waals surface area contributed by atoms with Crippen molar-refractivity contribution in [3.63, 3.8) is 0 Å². The van der Waals surface area contributed by atoms with Crippen LogP contribution in [0.2, 0.25) is 0 Å². The van der Waals surface area contributed by atoms with E-state index in [9.17, 15) is 14.9 Å². The first-order valence-corrected chi connectivity index (χ1v) is 7.01. The highest BCUT2D eigenvalue weighted by Gasteiger charge is 2.42. The van der Waals surface area contributed by atoms with Crippen molar-refractivity contribution in [2.45, 2.75) is 52.5 Å². The molecule has 0 spiro atoms. The number of hydrogen-bond acceptors (Lipinski definition) is 3. The van der Waals surface area contributed by atoms with Crippen LogP contribution in [-0.2, 0) is 9.59 Å². The fraction of sp³-hybridized carbons (Fsp3) is 0.786. The van der Waals surface area contributed by atoms with Crippen LogP contribution in [0, 0.1) is 16.7 Å². The van der Waals surface area contributed by atoms with E-state index < -0.39 is 11.5 Å². The minimum absolute atomic E-state index is 0.0931. The van der Waals surface area contributed by atoms with Crippen LogP contribution in [0.5, 0.6) is 0 Å². The first-order valence-electron chi connectivity index (χ1n) is 7.01. The minimum Gasteiger partial charge on any atom is -0.343 e. The number of likely N-dealkylation sites (N-methyl/N-ethyl adjacent to an activating group) is 1. The average molecular weight is 265 g/mol. The molecule has 1 rings (SSSR count). The fourth-order valence-corrected chi connectivity index (χ4v) is 2.57. The summed E-state index contributed by atoms with van der Waals surface area (Å²) in [7, 11) is 0. The molecule has 19 heavy (non-hydrogen) atoms. The van der Waals surface area contributed by atoms with E-state index in [4.69, 9.17) is 0 Å². The summed E-state index contributed by atoms with van der Waals surface area (Å²) >= 11 is 0. The molecule has 0 heterocycles. The third-order valence-electron chi connectivity index (χ3n) is 3.90. The van der Waals surface area contributed by atoms with E-state index in [0.29, 0.717) is 25.9 Å². The summed E-state index contributed by atoms with van der Waals surface area (Å²) in [4.78, 5) is 26.0. The van der Waals surface area contributed by atoms with E-state index in [1.807, 2.05) is 13.8 Å². The minimum atomic E-state index is -0.919. The van der Waals surface area contributed by atoms with E-state index in [-0.39, 0.29) is 11.8 Å². The molecule has 5 heteroatoms. The Kier molecular flexibility index (Phi) is 5.34. The maximum atomic E-state index is 12.2. The molecule has 5 nitrogen and oxygen atoms in total. The maximum Gasteiger partial charge on any atom is 0.244 e. The van der Waals surface area contributed by atoms with E-state index in [0.717, 1.165) is 12.8 Å². The molecule has 0 aromatic rings. The van der Waals surface area contributed by atoms with Gasteiger partial charge in [0.25, 0.3) is 0 Å². The number of hydrogen-bond donors (Lipinski definition) is 1. The number of nitrogens with zero attached hydrogens (tertiary/aromatic N) is 2. The highest BCUT2D eigenvalue weighted by atomic mass is 16.2. The Morgan fingerprint density at radius 3 is 2.26 bits per heavy atom. The van der Waals surface area contributed by atoms with Crippen molar-refractivity contribution in [3.8, 4) is 6.07 Å². The molecule has 2 amide bonds. The second kappa shape index (κ2) is 6.55. The van der Waals surface area contributed by atoms with Crippen LogP contribution in [-0.4, -0.2) is 35.8 Å². The summed E-state index contributed by atoms with van der Waals surface area (Å²) in [6.45, 7) is 6.74. The second-order valence-corrected chi connectivity index (χ2v) is 5.11. The lowest BCUT2D eigenvalue weighted by Gasteiger charge is -2.26. The number of rotatable bonds is 5. The van der Waals surface area contributed by atoms with E-state index >= 15 is 0 Å². The number of carbonyl (C=O) groups is 2. The lowest BCUT2D eigenvalue weighted by atomic mass is 9.87. The summed E-state index contributed by atoms with van der Waals surface area (Å²) in [5.74, 6) is -0.384. The highest BCUT2D eigenvalue weighted by molar-refractivity contribution is 5.91. The second-order valence-electron chi connectivity index (χ2n) is 5.11. The highest BCUT2D eigenvalue weighted by Crippen LogP contribution is 2.37. The monoisotopic (exact) mass is 265 g/mol. The Labute approximate surface area is 115 Å². The molecule has 0 bridgehead atoms. The normalized spacial score (nSPS) is 18.4. The smallest absolute Gasteiger partial charge is 0.244 e. The summed E-state index contributed by atoms with van der Waals surface area (Å²) < 4.78 is 0. The van der Waals surface area contributed by atoms with Gasteiger partial charge in [-0.15, -0.1) is 0 Å². The molecule has 0 aromatic heterocycles. The lowest BCUT2D eigenvalue weighted by Crippen LogP contribution is -2.50. The van der Waals surface area contributed by atoms with Gasteiger partial charge >= 0.3 is 0 Å². The molecular weight excluding hydrogens is 242 g/mol. The van der Waals surface area contributed by atoms with Crippen molar-refractivity contribution in [1.29, 1.82) is 5.26 Å². The van der Waals surface area contributed by atoms with Crippen LogP contribution in [0.25, 0.3) is 0 Å². The molecule has 0 aliphatic heterocycles. The molecule has 1 aliphatic carbocycles. The van der Waals surface area contributed by atoms with Gasteiger partial charge in [0.1, 0.15) is 11.5 Å². The molecule has 0 saturated heterocycles. The molecule has 1 saturated carbocycles. The third-order valence-corrected chi connectivity index (χ3v) is 3.90. The molecule has 1 atom stereocenters. The van der Waals surface area contributed by atoms with Gasteiger partial charge in [0.15, 0.2) is 0 Å². The van der Waals surface area contributed by atoms with Gasteiger partial charge in [-0.05, 0) is 33.6 Å². The predicted octanol–water partition coefficient (Wildman–Crippen LogP) is 1.44. The van der Waals surface area contributed by atoms with E-state index in [1.165, 1.54) is 0 Å². The molecule has 1 fully saturated rings. The SMILES string of the molecule is CCN(CC)C(=O)C(C)NC(=O)C1(C#N)CCCC1. The lowest BCUT2D eigenvalue weighted by molar-refractivity contribution is -0.137. The standard InChI is InChI=1S/C14H23N3O2/c1-4-17(5-2)12(18)11(3)16-13(19)14(10-15)8-6-7-9-14/h11H,4-9H2,1-3H3,(H,16,19). The molecule has 1 N–H and O–H groups in total. The fourth-order valence-electron chi connectivity index (χ4n) is 2.57. The zero-order valence-electron chi connectivity index (χ0n) is 12.0. The summed E-state index contributed by atoms with van der Waals surface area (Å²) in [5, 5.41) is 11.9. The number of nitrogens with one attached hydrogen (secondary N) is 1. The molecular formula is C14H23N3O2. The van der Waals surface area contributed by atoms with Crippen molar-refractivity contribution in [3.05, 3.63) is 0 Å². The number of carbonyl (C=O) groups excluding carboxylic acids is 2. The summed E-state index contributed by atoms with van der Waals surface area (Å²) in [6, 6.07) is 1.57. The van der Waals surface area contributed by atoms with Crippen LogP contribution in [0.1, 0.15) is 46.5 Å². The Hall–Kier alpha value is -1.57. The first kappa shape index (κ1) is 15.5. The molecule has 0 aromatic carbocycles. The number of amides is 2. The Morgan fingerprint density at radius 1 is 1.32 bits per heavy atom. The van der Waals surface area contributed by atoms with E-state index in [1.54, 1.807) is 11.8 Å². The Balaban J connectivity index is 2.66. The Bertz CT molecular complexity index is 377. The van der Waals surface area contributed by atoms with Crippen molar-refractivity contribution in [2.75, 3.05) is 13.1 Å². The van der Waals surface area contributed by atoms with Crippen LogP contribution >= 0.6 is 0 Å². The maximum absolute atomic E-state index is 12.2. The van der Waals surface area contributed by atoms with Gasteiger partial charge in [0.05, 0.1) is 6.07 Å². The first-order chi connectivity index (χ1) is 9.00. The average Bonchev–Trinajstić information content (AvgIpc) is 2.89. The van der Waals surface area contributed by atoms with Gasteiger partial charge in [-0.2, -0.15) is 5.26 Å². The van der Waals surface area contributed by atoms with E-state index in [2.05, 4.69) is 11.4 Å². The van der Waals surface area contributed by atoms with Gasteiger partial charge in [0.2, 0.25) is 11.8 Å². The zero-order chi connectivity index (χ0) is 14.5. The van der Waals surface area contributed by atoms with Gasteiger partial charge in [-0.1, -0.05) is 12.8 Å². The third kappa shape index (κ3) is 3.25. The summed E-state index contributed by atoms with van der Waals surface area (Å²) in [6.07, 6.45) is 3.00. The largest absolute Gasteiger partial charge is 0.343 e. The quantitative estimate of drug-likeness (QED) is 0.817. The zero-order valence-corrected chi connectivity index (χ0v) is 12.0. The van der Waals surface area contributed by atoms with Gasteiger partial charge in [-0.25, -0.2) is 0 Å². The molecule has 1 unspecified atom stereocenters. The van der Waals surface area contributed by atoms with Crippen LogP contribution in [0.15, 0.2) is 0 Å². The van der Waals surface area contributed by atoms with Crippen molar-refractivity contribution in [2.24, 2.45) is 5.41 Å². The predicted molar refractivity (Wildman–Crippen MR) is 72.0 cm³/mol. The molecule has 0 radical (unpaired) electrons. The Morgan fingerprint density at radius 2 is 1.84 bits per heavy atom. The van der Waals surface area contributed by atoms with Crippen LogP contribution in [0.4, 0.5) is 0 Å². The van der Waals surface area contributed by atoms with Gasteiger partial charge in [0, 0.05) is 13.1 Å². The van der Waals surface area contributed by atoms with Crippen LogP contribution < -0.4 is 5.32 Å². The van der Waals surface area contributed by atoms with Gasteiger partial charge in [-0.3, -0.25) is 9.59 Å². The van der Waals surface area contributed by atoms with Crippen molar-refractivity contribution >= 4 is 11.8 Å². The number of nitriles is 1. The summed E-state index contributed by atoms with van der Waals surface area (Å²) in [5.41, 5.74) is -0.919. The molecule has 1 aliphatic rings. The van der Waals surface area contributed by atoms with Gasteiger partial charge < -0.3 is 10.2 Å².